The van der Waals surface area contributed by atoms with E-state index in [2.05, 4.69) is 5.32 Å². The molecule has 0 fully saturated rings. The highest BCUT2D eigenvalue weighted by Gasteiger charge is 2.59. The highest BCUT2D eigenvalue weighted by Crippen LogP contribution is 2.51. The predicted octanol–water partition coefficient (Wildman–Crippen LogP) is 2.82. The molecule has 0 aliphatic carbocycles. The van der Waals surface area contributed by atoms with E-state index in [-0.39, 0.29) is 17.4 Å². The largest absolute Gasteiger partial charge is 0.491 e. The normalized spacial score (nSPS) is 20.7. The van der Waals surface area contributed by atoms with Crippen molar-refractivity contribution in [1.82, 2.24) is 5.32 Å². The van der Waals surface area contributed by atoms with Gasteiger partial charge in [0.25, 0.3) is 0 Å². The first kappa shape index (κ1) is 18.7. The molecule has 2 unspecified atom stereocenters. The lowest BCUT2D eigenvalue weighted by molar-refractivity contribution is -0.159. The molecule has 1 amide bonds. The zero-order valence-corrected chi connectivity index (χ0v) is 15.2. The fourth-order valence-corrected chi connectivity index (χ4v) is 3.33. The Balaban J connectivity index is 2.20. The Morgan fingerprint density at radius 3 is 2.44 bits per heavy atom. The number of carboxylic acids is 1. The zero-order valence-electron chi connectivity index (χ0n) is 15.2. The number of fused-ring (bicyclic) bond motifs is 1. The van der Waals surface area contributed by atoms with E-state index in [4.69, 9.17) is 9.47 Å². The van der Waals surface area contributed by atoms with Crippen molar-refractivity contribution in [3.8, 4) is 11.5 Å². The van der Waals surface area contributed by atoms with Gasteiger partial charge in [-0.15, -0.1) is 0 Å². The highest BCUT2D eigenvalue weighted by atomic mass is 19.1. The van der Waals surface area contributed by atoms with E-state index in [1.807, 2.05) is 13.8 Å². The highest BCUT2D eigenvalue weighted by molar-refractivity contribution is 5.96. The molecule has 27 heavy (non-hydrogen) atoms. The van der Waals surface area contributed by atoms with Gasteiger partial charge < -0.3 is 19.9 Å². The van der Waals surface area contributed by atoms with Crippen LogP contribution in [0.3, 0.4) is 0 Å². The van der Waals surface area contributed by atoms with E-state index in [0.29, 0.717) is 11.3 Å². The first-order valence-electron chi connectivity index (χ1n) is 8.50. The Labute approximate surface area is 155 Å². The summed E-state index contributed by atoms with van der Waals surface area (Å²) in [6.07, 6.45) is -0.0925. The Hall–Kier alpha value is -3.09. The number of aliphatic carboxylic acids is 1. The third-order valence-corrected chi connectivity index (χ3v) is 4.44. The molecule has 0 aromatic heterocycles. The topological polar surface area (TPSA) is 84.9 Å². The fourth-order valence-electron chi connectivity index (χ4n) is 3.33. The molecule has 0 saturated carbocycles. The SMILES string of the molecule is CNC(=O)C1c2cc(OC(C)C)ccc2OC1(C(=O)O)c1ccc(F)cc1. The molecule has 2 aromatic rings. The second-order valence-electron chi connectivity index (χ2n) is 6.56. The molecular weight excluding hydrogens is 353 g/mol. The van der Waals surface area contributed by atoms with Crippen LogP contribution >= 0.6 is 0 Å². The molecule has 7 heteroatoms. The second-order valence-corrected chi connectivity index (χ2v) is 6.56. The maximum atomic E-state index is 13.4. The molecule has 2 aromatic carbocycles. The van der Waals surface area contributed by atoms with Crippen LogP contribution in [0, 0.1) is 5.82 Å². The Kier molecular flexibility index (Phi) is 4.78. The van der Waals surface area contributed by atoms with Gasteiger partial charge in [-0.05, 0) is 44.2 Å². The van der Waals surface area contributed by atoms with Gasteiger partial charge in [0.15, 0.2) is 0 Å². The Morgan fingerprint density at radius 1 is 1.22 bits per heavy atom. The maximum Gasteiger partial charge on any atom is 0.354 e. The van der Waals surface area contributed by atoms with E-state index in [9.17, 15) is 19.1 Å². The number of hydrogen-bond acceptors (Lipinski definition) is 4. The summed E-state index contributed by atoms with van der Waals surface area (Å²) in [6.45, 7) is 3.72. The van der Waals surface area contributed by atoms with Gasteiger partial charge in [-0.3, -0.25) is 4.79 Å². The number of amides is 1. The number of carbonyl (C=O) groups is 2. The third kappa shape index (κ3) is 3.09. The Bertz CT molecular complexity index is 880. The molecule has 3 rings (SSSR count). The molecule has 0 spiro atoms. The van der Waals surface area contributed by atoms with Gasteiger partial charge in [-0.1, -0.05) is 12.1 Å². The number of halogens is 1. The molecule has 6 nitrogen and oxygen atoms in total. The summed E-state index contributed by atoms with van der Waals surface area (Å²) in [5.74, 6) is -2.78. The molecule has 2 N–H and O–H groups in total. The molecule has 0 saturated heterocycles. The van der Waals surface area contributed by atoms with Gasteiger partial charge in [-0.25, -0.2) is 9.18 Å². The number of benzene rings is 2. The van der Waals surface area contributed by atoms with E-state index in [1.165, 1.54) is 19.2 Å². The van der Waals surface area contributed by atoms with Gasteiger partial charge in [0.05, 0.1) is 6.10 Å². The van der Waals surface area contributed by atoms with E-state index in [1.54, 1.807) is 18.2 Å². The number of carbonyl (C=O) groups excluding carboxylic acids is 1. The number of hydrogen-bond donors (Lipinski definition) is 2. The number of likely N-dealkylation sites (N-methyl/N-ethyl adjacent to an activating group) is 1. The van der Waals surface area contributed by atoms with Crippen LogP contribution in [-0.4, -0.2) is 30.1 Å². The van der Waals surface area contributed by atoms with Crippen LogP contribution in [0.5, 0.6) is 11.5 Å². The van der Waals surface area contributed by atoms with Crippen molar-refractivity contribution in [2.45, 2.75) is 31.5 Å². The maximum absolute atomic E-state index is 13.4. The summed E-state index contributed by atoms with van der Waals surface area (Å²) in [5, 5.41) is 12.6. The van der Waals surface area contributed by atoms with Crippen molar-refractivity contribution in [2.75, 3.05) is 7.05 Å². The average Bonchev–Trinajstić information content (AvgIpc) is 2.96. The first-order chi connectivity index (χ1) is 12.8. The van der Waals surface area contributed by atoms with Crippen molar-refractivity contribution in [1.29, 1.82) is 0 Å². The summed E-state index contributed by atoms with van der Waals surface area (Å²) < 4.78 is 24.9. The zero-order chi connectivity index (χ0) is 19.8. The number of rotatable bonds is 5. The van der Waals surface area contributed by atoms with Crippen molar-refractivity contribution in [2.24, 2.45) is 0 Å². The predicted molar refractivity (Wildman–Crippen MR) is 95.4 cm³/mol. The van der Waals surface area contributed by atoms with E-state index in [0.717, 1.165) is 12.1 Å². The van der Waals surface area contributed by atoms with Crippen LogP contribution in [0.25, 0.3) is 0 Å². The van der Waals surface area contributed by atoms with Gasteiger partial charge in [0, 0.05) is 18.2 Å². The molecule has 1 aliphatic heterocycles. The monoisotopic (exact) mass is 373 g/mol. The number of ether oxygens (including phenoxy) is 2. The summed E-state index contributed by atoms with van der Waals surface area (Å²) in [5.41, 5.74) is -1.43. The minimum absolute atomic E-state index is 0.0925. The van der Waals surface area contributed by atoms with Gasteiger partial charge in [0.1, 0.15) is 23.2 Å². The van der Waals surface area contributed by atoms with E-state index >= 15 is 0 Å². The minimum Gasteiger partial charge on any atom is -0.491 e. The lowest BCUT2D eigenvalue weighted by Crippen LogP contribution is -2.48. The van der Waals surface area contributed by atoms with Gasteiger partial charge in [-0.2, -0.15) is 0 Å². The lowest BCUT2D eigenvalue weighted by atomic mass is 9.78. The standard InChI is InChI=1S/C20H20FNO5/c1-11(2)26-14-8-9-16-15(10-14)17(18(23)22-3)20(27-16,19(24)25)12-4-6-13(21)7-5-12/h4-11,17H,1-3H3,(H,22,23)(H,24,25). The summed E-state index contributed by atoms with van der Waals surface area (Å²) in [6, 6.07) is 9.76. The molecule has 1 aliphatic rings. The van der Waals surface area contributed by atoms with Crippen molar-refractivity contribution >= 4 is 11.9 Å². The molecule has 1 heterocycles. The quantitative estimate of drug-likeness (QED) is 0.842. The molecule has 142 valence electrons. The molecule has 0 radical (unpaired) electrons. The molecule has 2 atom stereocenters. The second kappa shape index (κ2) is 6.90. The number of nitrogens with one attached hydrogen (secondary N) is 1. The molecule has 0 bridgehead atoms. The lowest BCUT2D eigenvalue weighted by Gasteiger charge is -2.30. The van der Waals surface area contributed by atoms with E-state index < -0.39 is 29.2 Å². The van der Waals surface area contributed by atoms with Crippen LogP contribution in [0.15, 0.2) is 42.5 Å². The van der Waals surface area contributed by atoms with Crippen LogP contribution in [0.1, 0.15) is 30.9 Å². The molecular formula is C20H20FNO5. The Morgan fingerprint density at radius 2 is 1.89 bits per heavy atom. The van der Waals surface area contributed by atoms with Gasteiger partial charge in [0.2, 0.25) is 11.5 Å². The van der Waals surface area contributed by atoms with Crippen LogP contribution in [-0.2, 0) is 15.2 Å². The first-order valence-corrected chi connectivity index (χ1v) is 8.50. The van der Waals surface area contributed by atoms with Crippen molar-refractivity contribution in [3.63, 3.8) is 0 Å². The third-order valence-electron chi connectivity index (χ3n) is 4.44. The van der Waals surface area contributed by atoms with Gasteiger partial charge >= 0.3 is 5.97 Å². The minimum atomic E-state index is -2.01. The van der Waals surface area contributed by atoms with Crippen LogP contribution in [0.2, 0.25) is 0 Å². The van der Waals surface area contributed by atoms with Crippen molar-refractivity contribution in [3.05, 3.63) is 59.4 Å². The fraction of sp³-hybridized carbons (Fsp3) is 0.300. The van der Waals surface area contributed by atoms with Crippen molar-refractivity contribution < 1.29 is 28.6 Å². The van der Waals surface area contributed by atoms with Crippen LogP contribution in [0.4, 0.5) is 4.39 Å². The summed E-state index contributed by atoms with van der Waals surface area (Å²) in [7, 11) is 1.42. The number of carboxylic acid groups (broad SMARTS) is 1. The van der Waals surface area contributed by atoms with Crippen LogP contribution < -0.4 is 14.8 Å². The smallest absolute Gasteiger partial charge is 0.354 e. The summed E-state index contributed by atoms with van der Waals surface area (Å²) in [4.78, 5) is 25.0. The average molecular weight is 373 g/mol. The summed E-state index contributed by atoms with van der Waals surface area (Å²) >= 11 is 0.